The lowest BCUT2D eigenvalue weighted by Crippen LogP contribution is -2.29. The molecule has 1 fully saturated rings. The van der Waals surface area contributed by atoms with Gasteiger partial charge in [-0.3, -0.25) is 9.59 Å². The molecule has 0 spiro atoms. The molecule has 3 aromatic carbocycles. The highest BCUT2D eigenvalue weighted by Crippen LogP contribution is 2.43. The van der Waals surface area contributed by atoms with Crippen molar-refractivity contribution in [2.75, 3.05) is 26.9 Å². The Morgan fingerprint density at radius 2 is 1.73 bits per heavy atom. The lowest BCUT2D eigenvalue weighted by molar-refractivity contribution is -0.140. The number of amides is 1. The van der Waals surface area contributed by atoms with Crippen molar-refractivity contribution in [3.05, 3.63) is 89.0 Å². The van der Waals surface area contributed by atoms with Crippen molar-refractivity contribution in [2.24, 2.45) is 0 Å². The van der Waals surface area contributed by atoms with Crippen molar-refractivity contribution in [1.29, 1.82) is 0 Å². The minimum Gasteiger partial charge on any atom is -0.507 e. The first kappa shape index (κ1) is 24.2. The molecule has 3 aromatic rings. The third kappa shape index (κ3) is 4.58. The van der Waals surface area contributed by atoms with Crippen LogP contribution in [0.25, 0.3) is 5.76 Å². The van der Waals surface area contributed by atoms with Crippen LogP contribution in [0.4, 0.5) is 0 Å². The number of benzene rings is 3. The fourth-order valence-electron chi connectivity index (χ4n) is 4.64. The molecule has 0 radical (unpaired) electrons. The van der Waals surface area contributed by atoms with E-state index in [1.54, 1.807) is 36.4 Å². The van der Waals surface area contributed by atoms with Gasteiger partial charge in [-0.15, -0.1) is 0 Å². The third-order valence-corrected chi connectivity index (χ3v) is 6.35. The van der Waals surface area contributed by atoms with Crippen LogP contribution in [0.1, 0.15) is 29.7 Å². The van der Waals surface area contributed by atoms with Crippen LogP contribution in [-0.2, 0) is 16.1 Å². The molecule has 5 rings (SSSR count). The smallest absolute Gasteiger partial charge is 0.295 e. The van der Waals surface area contributed by atoms with Gasteiger partial charge >= 0.3 is 0 Å². The van der Waals surface area contributed by atoms with E-state index in [1.165, 1.54) is 12.0 Å². The van der Waals surface area contributed by atoms with Crippen molar-refractivity contribution in [3.63, 3.8) is 0 Å². The number of ketones is 1. The Balaban J connectivity index is 1.65. The number of fused-ring (bicyclic) bond motifs is 1. The topological polar surface area (TPSA) is 94.5 Å². The summed E-state index contributed by atoms with van der Waals surface area (Å²) in [6.07, 6.45) is 0. The largest absolute Gasteiger partial charge is 0.507 e. The fraction of sp³-hybridized carbons (Fsp3) is 0.241. The molecule has 0 saturated carbocycles. The van der Waals surface area contributed by atoms with Gasteiger partial charge in [0.2, 0.25) is 0 Å². The van der Waals surface area contributed by atoms with Crippen LogP contribution < -0.4 is 18.9 Å². The molecule has 2 heterocycles. The molecule has 1 atom stereocenters. The lowest BCUT2D eigenvalue weighted by Gasteiger charge is -2.26. The Morgan fingerprint density at radius 1 is 0.973 bits per heavy atom. The molecule has 8 nitrogen and oxygen atoms in total. The molecular weight excluding hydrogens is 474 g/mol. The van der Waals surface area contributed by atoms with E-state index in [4.69, 9.17) is 18.9 Å². The molecule has 8 heteroatoms. The minimum atomic E-state index is -0.849. The van der Waals surface area contributed by atoms with Gasteiger partial charge in [-0.2, -0.15) is 0 Å². The van der Waals surface area contributed by atoms with Crippen molar-refractivity contribution in [1.82, 2.24) is 4.90 Å². The molecule has 0 bridgehead atoms. The van der Waals surface area contributed by atoms with Gasteiger partial charge in [-0.05, 0) is 48.4 Å². The van der Waals surface area contributed by atoms with Gasteiger partial charge in [0, 0.05) is 12.1 Å². The summed E-state index contributed by atoms with van der Waals surface area (Å²) in [5.41, 5.74) is 1.80. The number of ether oxygens (including phenoxy) is 4. The van der Waals surface area contributed by atoms with Gasteiger partial charge in [-0.1, -0.05) is 36.4 Å². The summed E-state index contributed by atoms with van der Waals surface area (Å²) in [7, 11) is 1.53. The Hall–Kier alpha value is -4.46. The summed E-state index contributed by atoms with van der Waals surface area (Å²) in [4.78, 5) is 28.2. The molecule has 2 aliphatic heterocycles. The SMILES string of the molecule is CCOc1ccc([C@H]2C(=C(O)c3ccc4c(c3)OCCO4)C(=O)C(=O)N2Cc2ccccc2)cc1OC. The Morgan fingerprint density at radius 3 is 2.46 bits per heavy atom. The first-order valence-electron chi connectivity index (χ1n) is 12.0. The number of methoxy groups -OCH3 is 1. The van der Waals surface area contributed by atoms with E-state index in [0.29, 0.717) is 53.9 Å². The van der Waals surface area contributed by atoms with Gasteiger partial charge in [0.1, 0.15) is 19.0 Å². The van der Waals surface area contributed by atoms with Gasteiger partial charge in [0.05, 0.1) is 25.3 Å². The van der Waals surface area contributed by atoms with Crippen molar-refractivity contribution in [3.8, 4) is 23.0 Å². The number of Topliss-reactive ketones (excluding diaryl/α,β-unsaturated/α-hetero) is 1. The summed E-state index contributed by atoms with van der Waals surface area (Å²) in [6, 6.07) is 18.7. The van der Waals surface area contributed by atoms with Gasteiger partial charge in [0.15, 0.2) is 23.0 Å². The molecule has 0 unspecified atom stereocenters. The first-order valence-corrected chi connectivity index (χ1v) is 12.0. The van der Waals surface area contributed by atoms with Crippen molar-refractivity contribution >= 4 is 17.4 Å². The second-order valence-corrected chi connectivity index (χ2v) is 8.61. The van der Waals surface area contributed by atoms with Crippen LogP contribution in [0.15, 0.2) is 72.3 Å². The van der Waals surface area contributed by atoms with Gasteiger partial charge in [-0.25, -0.2) is 0 Å². The predicted molar refractivity (Wildman–Crippen MR) is 136 cm³/mol. The third-order valence-electron chi connectivity index (χ3n) is 6.35. The minimum absolute atomic E-state index is 0.0104. The maximum atomic E-state index is 13.4. The number of likely N-dealkylation sites (tertiary alicyclic amines) is 1. The molecule has 1 N–H and O–H groups in total. The lowest BCUT2D eigenvalue weighted by atomic mass is 9.94. The zero-order valence-electron chi connectivity index (χ0n) is 20.6. The number of aliphatic hydroxyl groups is 1. The molecule has 0 aromatic heterocycles. The molecule has 1 saturated heterocycles. The maximum absolute atomic E-state index is 13.4. The molecule has 37 heavy (non-hydrogen) atoms. The maximum Gasteiger partial charge on any atom is 0.295 e. The number of aliphatic hydroxyl groups excluding tert-OH is 1. The number of hydrogen-bond donors (Lipinski definition) is 1. The van der Waals surface area contributed by atoms with E-state index in [-0.39, 0.29) is 17.9 Å². The van der Waals surface area contributed by atoms with E-state index >= 15 is 0 Å². The standard InChI is InChI=1S/C29H27NO7/c1-3-35-21-11-9-19(15-23(21)34-2)26-25(27(31)20-10-12-22-24(16-20)37-14-13-36-22)28(32)29(33)30(26)17-18-7-5-4-6-8-18/h4-12,15-16,26,31H,3,13-14,17H2,1-2H3/t26-/m0/s1. The number of nitrogens with zero attached hydrogens (tertiary/aromatic N) is 1. The second-order valence-electron chi connectivity index (χ2n) is 8.61. The molecule has 190 valence electrons. The van der Waals surface area contributed by atoms with E-state index in [9.17, 15) is 14.7 Å². The quantitative estimate of drug-likeness (QED) is 0.290. The van der Waals surface area contributed by atoms with E-state index in [1.807, 2.05) is 37.3 Å². The average molecular weight is 502 g/mol. The second kappa shape index (κ2) is 10.3. The number of carbonyl (C=O) groups excluding carboxylic acids is 2. The van der Waals surface area contributed by atoms with Crippen LogP contribution in [0.2, 0.25) is 0 Å². The zero-order chi connectivity index (χ0) is 25.9. The Bertz CT molecular complexity index is 1370. The van der Waals surface area contributed by atoms with Crippen LogP contribution in [-0.4, -0.2) is 48.6 Å². The highest BCUT2D eigenvalue weighted by molar-refractivity contribution is 6.46. The molecule has 1 amide bonds. The predicted octanol–water partition coefficient (Wildman–Crippen LogP) is 4.49. The first-order chi connectivity index (χ1) is 18.0. The van der Waals surface area contributed by atoms with Crippen molar-refractivity contribution < 1.29 is 33.6 Å². The van der Waals surface area contributed by atoms with E-state index in [0.717, 1.165) is 5.56 Å². The number of carbonyl (C=O) groups is 2. The van der Waals surface area contributed by atoms with Crippen LogP contribution in [0, 0.1) is 0 Å². The normalized spacial score (nSPS) is 18.1. The summed E-state index contributed by atoms with van der Waals surface area (Å²) < 4.78 is 22.4. The summed E-state index contributed by atoms with van der Waals surface area (Å²) in [6.45, 7) is 3.32. The number of hydrogen-bond acceptors (Lipinski definition) is 7. The van der Waals surface area contributed by atoms with E-state index < -0.39 is 17.7 Å². The van der Waals surface area contributed by atoms with Crippen LogP contribution in [0.5, 0.6) is 23.0 Å². The highest BCUT2D eigenvalue weighted by atomic mass is 16.6. The molecular formula is C29H27NO7. The van der Waals surface area contributed by atoms with Gasteiger partial charge < -0.3 is 29.0 Å². The van der Waals surface area contributed by atoms with Crippen molar-refractivity contribution in [2.45, 2.75) is 19.5 Å². The summed E-state index contributed by atoms with van der Waals surface area (Å²) >= 11 is 0. The molecule has 0 aliphatic carbocycles. The summed E-state index contributed by atoms with van der Waals surface area (Å²) in [5, 5.41) is 11.4. The Kier molecular flexibility index (Phi) is 6.72. The average Bonchev–Trinajstić information content (AvgIpc) is 3.18. The zero-order valence-corrected chi connectivity index (χ0v) is 20.6. The van der Waals surface area contributed by atoms with Crippen LogP contribution in [0.3, 0.4) is 0 Å². The van der Waals surface area contributed by atoms with E-state index in [2.05, 4.69) is 0 Å². The summed E-state index contributed by atoms with van der Waals surface area (Å²) in [5.74, 6) is 0.281. The Labute approximate surface area is 214 Å². The fourth-order valence-corrected chi connectivity index (χ4v) is 4.64. The van der Waals surface area contributed by atoms with Crippen LogP contribution >= 0.6 is 0 Å². The van der Waals surface area contributed by atoms with Gasteiger partial charge in [0.25, 0.3) is 11.7 Å². The molecule has 2 aliphatic rings. The number of rotatable bonds is 7. The monoisotopic (exact) mass is 501 g/mol. The highest BCUT2D eigenvalue weighted by Gasteiger charge is 2.46.